The van der Waals surface area contributed by atoms with E-state index < -0.39 is 18.0 Å². The number of carbonyl (C=O) groups is 1. The molecular weight excluding hydrogens is 436 g/mol. The van der Waals surface area contributed by atoms with Crippen molar-refractivity contribution < 1.29 is 27.8 Å². The number of aromatic hydroxyl groups is 1. The van der Waals surface area contributed by atoms with Gasteiger partial charge in [0.1, 0.15) is 12.1 Å². The third kappa shape index (κ3) is 4.72. The second kappa shape index (κ2) is 7.80. The number of rotatable bonds is 4. The van der Waals surface area contributed by atoms with E-state index in [0.29, 0.717) is 11.4 Å². The van der Waals surface area contributed by atoms with Crippen LogP contribution in [0.3, 0.4) is 0 Å². The van der Waals surface area contributed by atoms with E-state index in [4.69, 9.17) is 23.2 Å². The molecule has 0 aliphatic rings. The van der Waals surface area contributed by atoms with Crippen LogP contribution in [0.15, 0.2) is 42.7 Å². The van der Waals surface area contributed by atoms with Gasteiger partial charge < -0.3 is 14.7 Å². The molecular formula is C17H11Cl2F3N4O3. The smallest absolute Gasteiger partial charge is 0.505 e. The van der Waals surface area contributed by atoms with Crippen molar-refractivity contribution in [3.05, 3.63) is 58.6 Å². The summed E-state index contributed by atoms with van der Waals surface area (Å²) in [5.41, 5.74) is 0.664. The Bertz CT molecular complexity index is 1030. The van der Waals surface area contributed by atoms with Crippen molar-refractivity contribution in [2.24, 2.45) is 0 Å². The summed E-state index contributed by atoms with van der Waals surface area (Å²) in [6, 6.07) is 7.51. The Morgan fingerprint density at radius 1 is 1.17 bits per heavy atom. The number of phenolic OH excluding ortho intramolecular Hbond substituents is 1. The van der Waals surface area contributed by atoms with Gasteiger partial charge in [-0.2, -0.15) is 0 Å². The van der Waals surface area contributed by atoms with Gasteiger partial charge in [-0.3, -0.25) is 4.79 Å². The summed E-state index contributed by atoms with van der Waals surface area (Å²) in [6.45, 7) is 0. The van der Waals surface area contributed by atoms with Crippen LogP contribution < -0.4 is 9.64 Å². The summed E-state index contributed by atoms with van der Waals surface area (Å²) >= 11 is 11.7. The summed E-state index contributed by atoms with van der Waals surface area (Å²) < 4.78 is 41.7. The van der Waals surface area contributed by atoms with Crippen LogP contribution in [0.25, 0.3) is 5.69 Å². The lowest BCUT2D eigenvalue weighted by atomic mass is 10.2. The highest BCUT2D eigenvalue weighted by Gasteiger charge is 2.31. The molecule has 12 heteroatoms. The number of ether oxygens (including phenoxy) is 1. The zero-order chi connectivity index (χ0) is 21.3. The molecule has 3 rings (SSSR count). The molecule has 3 aromatic rings. The summed E-state index contributed by atoms with van der Waals surface area (Å²) in [6.07, 6.45) is -3.56. The fourth-order valence-electron chi connectivity index (χ4n) is 2.31. The SMILES string of the molecule is CN(C(=O)c1ncn(-c2cc(Cl)c(O)c(Cl)c2)n1)c1ccc(OC(F)(F)F)cc1. The lowest BCUT2D eigenvalue weighted by Crippen LogP contribution is -2.27. The second-order valence-corrected chi connectivity index (χ2v) is 6.49. The molecule has 1 amide bonds. The monoisotopic (exact) mass is 446 g/mol. The van der Waals surface area contributed by atoms with E-state index in [-0.39, 0.29) is 21.6 Å². The predicted molar refractivity (Wildman–Crippen MR) is 98.9 cm³/mol. The minimum absolute atomic E-state index is 0.00541. The lowest BCUT2D eigenvalue weighted by molar-refractivity contribution is -0.274. The third-order valence-electron chi connectivity index (χ3n) is 3.71. The number of hydrogen-bond acceptors (Lipinski definition) is 5. The summed E-state index contributed by atoms with van der Waals surface area (Å²) in [7, 11) is 1.41. The van der Waals surface area contributed by atoms with Crippen molar-refractivity contribution in [1.82, 2.24) is 14.8 Å². The predicted octanol–water partition coefficient (Wildman–Crippen LogP) is 4.45. The van der Waals surface area contributed by atoms with E-state index in [1.807, 2.05) is 0 Å². The maximum Gasteiger partial charge on any atom is 0.573 e. The Hall–Kier alpha value is -2.98. The van der Waals surface area contributed by atoms with Gasteiger partial charge in [0, 0.05) is 12.7 Å². The molecule has 0 atom stereocenters. The Labute approximate surface area is 171 Å². The molecule has 29 heavy (non-hydrogen) atoms. The van der Waals surface area contributed by atoms with Gasteiger partial charge in [-0.25, -0.2) is 9.67 Å². The molecule has 0 radical (unpaired) electrons. The Kier molecular flexibility index (Phi) is 5.58. The molecule has 0 saturated carbocycles. The zero-order valence-electron chi connectivity index (χ0n) is 14.5. The largest absolute Gasteiger partial charge is 0.573 e. The first-order valence-electron chi connectivity index (χ1n) is 7.79. The van der Waals surface area contributed by atoms with Crippen molar-refractivity contribution in [3.8, 4) is 17.2 Å². The van der Waals surface area contributed by atoms with E-state index in [2.05, 4.69) is 14.8 Å². The van der Waals surface area contributed by atoms with Gasteiger partial charge in [0.2, 0.25) is 5.82 Å². The highest BCUT2D eigenvalue weighted by molar-refractivity contribution is 6.37. The van der Waals surface area contributed by atoms with E-state index in [1.54, 1.807) is 0 Å². The molecule has 1 N–H and O–H groups in total. The van der Waals surface area contributed by atoms with Gasteiger partial charge in [0.05, 0.1) is 15.7 Å². The van der Waals surface area contributed by atoms with Crippen LogP contribution in [-0.4, -0.2) is 39.2 Å². The molecule has 0 bridgehead atoms. The Morgan fingerprint density at radius 2 is 1.76 bits per heavy atom. The number of nitrogens with zero attached hydrogens (tertiary/aromatic N) is 4. The third-order valence-corrected chi connectivity index (χ3v) is 4.29. The molecule has 7 nitrogen and oxygen atoms in total. The summed E-state index contributed by atoms with van der Waals surface area (Å²) in [5.74, 6) is -1.48. The van der Waals surface area contributed by atoms with Crippen LogP contribution in [-0.2, 0) is 0 Å². The van der Waals surface area contributed by atoms with Crippen LogP contribution in [0, 0.1) is 0 Å². The molecule has 2 aromatic carbocycles. The summed E-state index contributed by atoms with van der Waals surface area (Å²) in [4.78, 5) is 17.7. The second-order valence-electron chi connectivity index (χ2n) is 5.68. The fourth-order valence-corrected chi connectivity index (χ4v) is 2.78. The average molecular weight is 447 g/mol. The molecule has 0 spiro atoms. The number of aromatic nitrogens is 3. The van der Waals surface area contributed by atoms with Gasteiger partial charge in [0.15, 0.2) is 5.75 Å². The standard InChI is InChI=1S/C17H11Cl2F3N4O3/c1-25(9-2-4-11(5-3-9)29-17(20,21)22)16(28)15-23-8-26(24-15)10-6-12(18)14(27)13(19)7-10/h2-8,27H,1H3. The number of halogens is 5. The van der Waals surface area contributed by atoms with E-state index in [1.165, 1.54) is 42.3 Å². The minimum atomic E-state index is -4.81. The molecule has 152 valence electrons. The highest BCUT2D eigenvalue weighted by atomic mass is 35.5. The van der Waals surface area contributed by atoms with Crippen LogP contribution in [0.2, 0.25) is 10.0 Å². The number of alkyl halides is 3. The zero-order valence-corrected chi connectivity index (χ0v) is 16.0. The number of phenols is 1. The van der Waals surface area contributed by atoms with Crippen LogP contribution >= 0.6 is 23.2 Å². The maximum absolute atomic E-state index is 12.6. The van der Waals surface area contributed by atoms with E-state index in [0.717, 1.165) is 17.0 Å². The number of hydrogen-bond donors (Lipinski definition) is 1. The van der Waals surface area contributed by atoms with E-state index >= 15 is 0 Å². The first-order chi connectivity index (χ1) is 13.5. The molecule has 0 saturated heterocycles. The number of benzene rings is 2. The normalized spacial score (nSPS) is 11.4. The molecule has 1 heterocycles. The molecule has 1 aromatic heterocycles. The number of anilines is 1. The number of amides is 1. The maximum atomic E-state index is 12.6. The van der Waals surface area contributed by atoms with Crippen molar-refractivity contribution in [2.45, 2.75) is 6.36 Å². The average Bonchev–Trinajstić information content (AvgIpc) is 3.14. The molecule has 0 aliphatic heterocycles. The van der Waals surface area contributed by atoms with Crippen molar-refractivity contribution in [2.75, 3.05) is 11.9 Å². The van der Waals surface area contributed by atoms with Crippen molar-refractivity contribution in [3.63, 3.8) is 0 Å². The van der Waals surface area contributed by atoms with Gasteiger partial charge in [-0.15, -0.1) is 18.3 Å². The van der Waals surface area contributed by atoms with Gasteiger partial charge in [-0.05, 0) is 36.4 Å². The highest BCUT2D eigenvalue weighted by Crippen LogP contribution is 2.33. The van der Waals surface area contributed by atoms with Gasteiger partial charge in [-0.1, -0.05) is 23.2 Å². The molecule has 0 aliphatic carbocycles. The van der Waals surface area contributed by atoms with Crippen LogP contribution in [0.1, 0.15) is 10.6 Å². The van der Waals surface area contributed by atoms with E-state index in [9.17, 15) is 23.1 Å². The lowest BCUT2D eigenvalue weighted by Gasteiger charge is -2.16. The molecule has 0 unspecified atom stereocenters. The van der Waals surface area contributed by atoms with Crippen molar-refractivity contribution >= 4 is 34.8 Å². The fraction of sp³-hybridized carbons (Fsp3) is 0.118. The quantitative estimate of drug-likeness (QED) is 0.639. The Balaban J connectivity index is 1.79. The minimum Gasteiger partial charge on any atom is -0.505 e. The van der Waals surface area contributed by atoms with Gasteiger partial charge >= 0.3 is 6.36 Å². The van der Waals surface area contributed by atoms with Crippen molar-refractivity contribution in [1.29, 1.82) is 0 Å². The van der Waals surface area contributed by atoms with Gasteiger partial charge in [0.25, 0.3) is 5.91 Å². The first-order valence-corrected chi connectivity index (χ1v) is 8.54. The Morgan fingerprint density at radius 3 is 2.31 bits per heavy atom. The summed E-state index contributed by atoms with van der Waals surface area (Å²) in [5, 5.41) is 13.6. The topological polar surface area (TPSA) is 80.5 Å². The van der Waals surface area contributed by atoms with Crippen LogP contribution in [0.5, 0.6) is 11.5 Å². The number of carbonyl (C=O) groups excluding carboxylic acids is 1. The molecule has 0 fully saturated rings. The van der Waals surface area contributed by atoms with Crippen LogP contribution in [0.4, 0.5) is 18.9 Å². The first kappa shape index (κ1) is 20.7.